The van der Waals surface area contributed by atoms with E-state index in [-0.39, 0.29) is 0 Å². The van der Waals surface area contributed by atoms with Gasteiger partial charge in [0.15, 0.2) is 11.5 Å². The molecule has 0 saturated heterocycles. The lowest BCUT2D eigenvalue weighted by Crippen LogP contribution is -2.00. The van der Waals surface area contributed by atoms with Crippen molar-refractivity contribution in [1.82, 2.24) is 0 Å². The van der Waals surface area contributed by atoms with Crippen molar-refractivity contribution >= 4 is 5.69 Å². The minimum absolute atomic E-state index is 0.294. The van der Waals surface area contributed by atoms with Crippen LogP contribution in [0.4, 0.5) is 5.69 Å². The summed E-state index contributed by atoms with van der Waals surface area (Å²) >= 11 is 0. The molecular formula is C22H21NO3. The van der Waals surface area contributed by atoms with Gasteiger partial charge in [-0.15, -0.1) is 0 Å². The molecule has 26 heavy (non-hydrogen) atoms. The summed E-state index contributed by atoms with van der Waals surface area (Å²) in [5.41, 5.74) is 4.62. The molecule has 4 rings (SSSR count). The number of hydrogen-bond donors (Lipinski definition) is 1. The third-order valence-corrected chi connectivity index (χ3v) is 4.32. The molecule has 1 aliphatic rings. The molecule has 0 unspecified atom stereocenters. The summed E-state index contributed by atoms with van der Waals surface area (Å²) in [7, 11) is 0. The third-order valence-electron chi connectivity index (χ3n) is 4.32. The van der Waals surface area contributed by atoms with Crippen LogP contribution in [0.2, 0.25) is 0 Å². The number of benzene rings is 3. The van der Waals surface area contributed by atoms with Gasteiger partial charge in [0.2, 0.25) is 6.79 Å². The van der Waals surface area contributed by atoms with Gasteiger partial charge in [0.25, 0.3) is 0 Å². The maximum atomic E-state index is 5.85. The Morgan fingerprint density at radius 2 is 1.58 bits per heavy atom. The van der Waals surface area contributed by atoms with Crippen molar-refractivity contribution in [2.24, 2.45) is 0 Å². The fourth-order valence-corrected chi connectivity index (χ4v) is 2.77. The molecule has 0 spiro atoms. The number of hydrogen-bond acceptors (Lipinski definition) is 4. The fourth-order valence-electron chi connectivity index (χ4n) is 2.77. The van der Waals surface area contributed by atoms with Gasteiger partial charge in [0.05, 0.1) is 0 Å². The van der Waals surface area contributed by atoms with Crippen molar-refractivity contribution in [3.05, 3.63) is 83.4 Å². The highest BCUT2D eigenvalue weighted by Gasteiger charge is 2.12. The number of nitrogens with one attached hydrogen (secondary N) is 1. The lowest BCUT2D eigenvalue weighted by atomic mass is 10.2. The zero-order valence-electron chi connectivity index (χ0n) is 14.7. The van der Waals surface area contributed by atoms with Crippen LogP contribution in [0.25, 0.3) is 0 Å². The van der Waals surface area contributed by atoms with E-state index in [0.29, 0.717) is 13.4 Å². The van der Waals surface area contributed by atoms with Crippen LogP contribution in [0.5, 0.6) is 17.2 Å². The lowest BCUT2D eigenvalue weighted by Gasteiger charge is -2.09. The highest BCUT2D eigenvalue weighted by molar-refractivity contribution is 5.55. The molecule has 0 saturated carbocycles. The highest BCUT2D eigenvalue weighted by Crippen LogP contribution is 2.34. The van der Waals surface area contributed by atoms with Crippen LogP contribution in [0.1, 0.15) is 16.7 Å². The van der Waals surface area contributed by atoms with Crippen LogP contribution < -0.4 is 19.5 Å². The van der Waals surface area contributed by atoms with Crippen LogP contribution in [0.3, 0.4) is 0 Å². The summed E-state index contributed by atoms with van der Waals surface area (Å²) in [4.78, 5) is 0. The van der Waals surface area contributed by atoms with Gasteiger partial charge in [-0.2, -0.15) is 0 Å². The van der Waals surface area contributed by atoms with Gasteiger partial charge in [-0.1, -0.05) is 42.0 Å². The van der Waals surface area contributed by atoms with Crippen molar-refractivity contribution < 1.29 is 14.2 Å². The first kappa shape index (κ1) is 16.3. The molecule has 0 aliphatic carbocycles. The largest absolute Gasteiger partial charge is 0.489 e. The van der Waals surface area contributed by atoms with Gasteiger partial charge < -0.3 is 19.5 Å². The van der Waals surface area contributed by atoms with Crippen LogP contribution in [-0.4, -0.2) is 6.79 Å². The second-order valence-electron chi connectivity index (χ2n) is 6.34. The molecule has 0 radical (unpaired) electrons. The molecule has 4 heteroatoms. The lowest BCUT2D eigenvalue weighted by molar-refractivity contribution is 0.174. The predicted octanol–water partition coefficient (Wildman–Crippen LogP) is 4.91. The van der Waals surface area contributed by atoms with Gasteiger partial charge >= 0.3 is 0 Å². The number of ether oxygens (including phenoxy) is 3. The molecule has 132 valence electrons. The van der Waals surface area contributed by atoms with Gasteiger partial charge in [-0.25, -0.2) is 0 Å². The average Bonchev–Trinajstić information content (AvgIpc) is 3.14. The van der Waals surface area contributed by atoms with Crippen LogP contribution >= 0.6 is 0 Å². The SMILES string of the molecule is Cc1ccc(COc2ccc(CNc3ccc4c(c3)OCO4)cc2)cc1. The first-order valence-corrected chi connectivity index (χ1v) is 8.67. The molecule has 1 N–H and O–H groups in total. The third kappa shape index (κ3) is 3.91. The number of aryl methyl sites for hydroxylation is 1. The normalized spacial score (nSPS) is 12.0. The van der Waals surface area contributed by atoms with E-state index in [0.717, 1.165) is 29.5 Å². The molecule has 0 atom stereocenters. The molecule has 0 amide bonds. The van der Waals surface area contributed by atoms with E-state index in [9.17, 15) is 0 Å². The maximum absolute atomic E-state index is 5.85. The van der Waals surface area contributed by atoms with Crippen molar-refractivity contribution in [1.29, 1.82) is 0 Å². The molecule has 0 fully saturated rings. The van der Waals surface area contributed by atoms with Crippen molar-refractivity contribution in [2.75, 3.05) is 12.1 Å². The minimum Gasteiger partial charge on any atom is -0.489 e. The van der Waals surface area contributed by atoms with Crippen molar-refractivity contribution in [3.8, 4) is 17.2 Å². The molecule has 4 nitrogen and oxygen atoms in total. The molecule has 3 aromatic carbocycles. The summed E-state index contributed by atoms with van der Waals surface area (Å²) in [6, 6.07) is 22.4. The first-order chi connectivity index (χ1) is 12.8. The molecule has 0 aromatic heterocycles. The number of anilines is 1. The summed E-state index contributed by atoms with van der Waals surface area (Å²) in [6.07, 6.45) is 0. The first-order valence-electron chi connectivity index (χ1n) is 8.67. The van der Waals surface area contributed by atoms with Gasteiger partial charge in [0.1, 0.15) is 12.4 Å². The summed E-state index contributed by atoms with van der Waals surface area (Å²) in [5, 5.41) is 3.40. The van der Waals surface area contributed by atoms with E-state index >= 15 is 0 Å². The van der Waals surface area contributed by atoms with E-state index in [1.54, 1.807) is 0 Å². The molecule has 3 aromatic rings. The second kappa shape index (κ2) is 7.40. The Bertz CT molecular complexity index is 873. The molecular weight excluding hydrogens is 326 g/mol. The van der Waals surface area contributed by atoms with Crippen molar-refractivity contribution in [2.45, 2.75) is 20.1 Å². The fraction of sp³-hybridized carbons (Fsp3) is 0.182. The smallest absolute Gasteiger partial charge is 0.231 e. The zero-order valence-corrected chi connectivity index (χ0v) is 14.7. The summed E-state index contributed by atoms with van der Waals surface area (Å²) in [5.74, 6) is 2.46. The highest BCUT2D eigenvalue weighted by atomic mass is 16.7. The Morgan fingerprint density at radius 3 is 2.38 bits per heavy atom. The van der Waals surface area contributed by atoms with E-state index in [1.807, 2.05) is 30.3 Å². The Labute approximate surface area is 153 Å². The summed E-state index contributed by atoms with van der Waals surface area (Å²) in [6.45, 7) is 3.69. The topological polar surface area (TPSA) is 39.7 Å². The van der Waals surface area contributed by atoms with E-state index in [1.165, 1.54) is 16.7 Å². The molecule has 1 heterocycles. The standard InChI is InChI=1S/C22H21NO3/c1-16-2-4-18(5-3-16)14-24-20-9-6-17(7-10-20)13-23-19-8-11-21-22(12-19)26-15-25-21/h2-12,23H,13-15H2,1H3. The van der Waals surface area contributed by atoms with Gasteiger partial charge in [0, 0.05) is 18.3 Å². The zero-order chi connectivity index (χ0) is 17.8. The van der Waals surface area contributed by atoms with E-state index < -0.39 is 0 Å². The number of fused-ring (bicyclic) bond motifs is 1. The molecule has 0 bridgehead atoms. The van der Waals surface area contributed by atoms with Gasteiger partial charge in [-0.05, 0) is 42.3 Å². The average molecular weight is 347 g/mol. The number of rotatable bonds is 6. The monoisotopic (exact) mass is 347 g/mol. The maximum Gasteiger partial charge on any atom is 0.231 e. The quantitative estimate of drug-likeness (QED) is 0.687. The predicted molar refractivity (Wildman–Crippen MR) is 102 cm³/mol. The van der Waals surface area contributed by atoms with E-state index in [4.69, 9.17) is 14.2 Å². The van der Waals surface area contributed by atoms with E-state index in [2.05, 4.69) is 48.6 Å². The Morgan fingerprint density at radius 1 is 0.846 bits per heavy atom. The summed E-state index contributed by atoms with van der Waals surface area (Å²) < 4.78 is 16.6. The molecule has 1 aliphatic heterocycles. The minimum atomic E-state index is 0.294. The van der Waals surface area contributed by atoms with Crippen LogP contribution in [-0.2, 0) is 13.2 Å². The Hall–Kier alpha value is -3.14. The van der Waals surface area contributed by atoms with Gasteiger partial charge in [-0.3, -0.25) is 0 Å². The van der Waals surface area contributed by atoms with Crippen LogP contribution in [0.15, 0.2) is 66.7 Å². The second-order valence-corrected chi connectivity index (χ2v) is 6.34. The van der Waals surface area contributed by atoms with Crippen molar-refractivity contribution in [3.63, 3.8) is 0 Å². The van der Waals surface area contributed by atoms with Crippen LogP contribution in [0, 0.1) is 6.92 Å². The Balaban J connectivity index is 1.30. The Kier molecular flexibility index (Phi) is 4.65.